The predicted molar refractivity (Wildman–Crippen MR) is 75.5 cm³/mol. The van der Waals surface area contributed by atoms with Gasteiger partial charge in [-0.25, -0.2) is 9.97 Å². The molecule has 0 radical (unpaired) electrons. The molecule has 3 N–H and O–H groups in total. The van der Waals surface area contributed by atoms with E-state index in [9.17, 15) is 5.11 Å². The van der Waals surface area contributed by atoms with Crippen LogP contribution < -0.4 is 5.73 Å². The SMILES string of the molecule is Cc1cc(-c2nc(C)c(Br)c(N)n2)cc(C)c1O. The molecule has 1 heterocycles. The summed E-state index contributed by atoms with van der Waals surface area (Å²) in [5, 5.41) is 9.76. The van der Waals surface area contributed by atoms with Crippen LogP contribution in [0.15, 0.2) is 16.6 Å². The average molecular weight is 308 g/mol. The Hall–Kier alpha value is -1.62. The molecule has 0 aliphatic rings. The van der Waals surface area contributed by atoms with Gasteiger partial charge < -0.3 is 10.8 Å². The second kappa shape index (κ2) is 4.57. The van der Waals surface area contributed by atoms with E-state index in [0.717, 1.165) is 26.9 Å². The molecule has 0 bridgehead atoms. The Labute approximate surface area is 114 Å². The number of rotatable bonds is 1. The summed E-state index contributed by atoms with van der Waals surface area (Å²) >= 11 is 3.34. The summed E-state index contributed by atoms with van der Waals surface area (Å²) in [7, 11) is 0. The van der Waals surface area contributed by atoms with E-state index in [1.165, 1.54) is 0 Å². The number of phenolic OH excluding ortho intramolecular Hbond substituents is 1. The Morgan fingerprint density at radius 2 is 1.67 bits per heavy atom. The number of nitrogen functional groups attached to an aromatic ring is 1. The molecule has 4 nitrogen and oxygen atoms in total. The Kier molecular flexibility index (Phi) is 3.26. The van der Waals surface area contributed by atoms with Crippen LogP contribution in [0.1, 0.15) is 16.8 Å². The van der Waals surface area contributed by atoms with E-state index in [0.29, 0.717) is 17.4 Å². The normalized spacial score (nSPS) is 10.7. The predicted octanol–water partition coefficient (Wildman–Crippen LogP) is 3.12. The van der Waals surface area contributed by atoms with Crippen LogP contribution in [0, 0.1) is 20.8 Å². The number of nitrogens with two attached hydrogens (primary N) is 1. The van der Waals surface area contributed by atoms with Crippen molar-refractivity contribution in [2.24, 2.45) is 0 Å². The number of nitrogens with zero attached hydrogens (tertiary/aromatic N) is 2. The molecule has 5 heteroatoms. The number of phenols is 1. The highest BCUT2D eigenvalue weighted by Gasteiger charge is 2.11. The van der Waals surface area contributed by atoms with Gasteiger partial charge in [-0.1, -0.05) is 0 Å². The summed E-state index contributed by atoms with van der Waals surface area (Å²) < 4.78 is 0.721. The first kappa shape index (κ1) is 12.8. The monoisotopic (exact) mass is 307 g/mol. The number of aromatic nitrogens is 2. The summed E-state index contributed by atoms with van der Waals surface area (Å²) in [4.78, 5) is 8.65. The number of aryl methyl sites for hydroxylation is 3. The highest BCUT2D eigenvalue weighted by Crippen LogP contribution is 2.29. The Bertz CT molecular complexity index is 524. The lowest BCUT2D eigenvalue weighted by atomic mass is 10.1. The summed E-state index contributed by atoms with van der Waals surface area (Å²) in [5.41, 5.74) is 9.06. The lowest BCUT2D eigenvalue weighted by molar-refractivity contribution is 0.467. The van der Waals surface area contributed by atoms with E-state index < -0.39 is 0 Å². The largest absolute Gasteiger partial charge is 0.507 e. The van der Waals surface area contributed by atoms with E-state index in [2.05, 4.69) is 25.9 Å². The number of halogens is 1. The van der Waals surface area contributed by atoms with Crippen LogP contribution in [-0.4, -0.2) is 15.1 Å². The fourth-order valence-corrected chi connectivity index (χ4v) is 1.97. The molecule has 1 aromatic heterocycles. The van der Waals surface area contributed by atoms with Crippen LogP contribution in [-0.2, 0) is 0 Å². The topological polar surface area (TPSA) is 72.0 Å². The number of benzene rings is 1. The highest BCUT2D eigenvalue weighted by atomic mass is 79.9. The van der Waals surface area contributed by atoms with Gasteiger partial charge in [0.15, 0.2) is 5.82 Å². The van der Waals surface area contributed by atoms with Gasteiger partial charge in [0, 0.05) is 5.56 Å². The zero-order chi connectivity index (χ0) is 13.4. The fraction of sp³-hybridized carbons (Fsp3) is 0.231. The Morgan fingerprint density at radius 1 is 1.11 bits per heavy atom. The second-order valence-corrected chi connectivity index (χ2v) is 5.08. The van der Waals surface area contributed by atoms with Crippen LogP contribution in [0.2, 0.25) is 0 Å². The minimum Gasteiger partial charge on any atom is -0.507 e. The number of anilines is 1. The molecular weight excluding hydrogens is 294 g/mol. The molecule has 0 spiro atoms. The van der Waals surface area contributed by atoms with Crippen molar-refractivity contribution >= 4 is 21.7 Å². The molecule has 2 rings (SSSR count). The molecule has 18 heavy (non-hydrogen) atoms. The second-order valence-electron chi connectivity index (χ2n) is 4.29. The highest BCUT2D eigenvalue weighted by molar-refractivity contribution is 9.10. The smallest absolute Gasteiger partial charge is 0.161 e. The maximum atomic E-state index is 9.76. The molecule has 2 aromatic rings. The van der Waals surface area contributed by atoms with Gasteiger partial charge in [0.25, 0.3) is 0 Å². The first-order chi connectivity index (χ1) is 8.40. The minimum atomic E-state index is 0.306. The summed E-state index contributed by atoms with van der Waals surface area (Å²) in [6.07, 6.45) is 0. The first-order valence-corrected chi connectivity index (χ1v) is 6.29. The van der Waals surface area contributed by atoms with Crippen molar-refractivity contribution in [1.29, 1.82) is 0 Å². The van der Waals surface area contributed by atoms with Gasteiger partial charge in [0.1, 0.15) is 11.6 Å². The minimum absolute atomic E-state index is 0.306. The van der Waals surface area contributed by atoms with E-state index in [1.807, 2.05) is 32.9 Å². The van der Waals surface area contributed by atoms with E-state index in [1.54, 1.807) is 0 Å². The molecule has 0 atom stereocenters. The van der Waals surface area contributed by atoms with Gasteiger partial charge in [-0.3, -0.25) is 0 Å². The van der Waals surface area contributed by atoms with Gasteiger partial charge in [-0.2, -0.15) is 0 Å². The van der Waals surface area contributed by atoms with Crippen molar-refractivity contribution < 1.29 is 5.11 Å². The Balaban J connectivity index is 2.63. The zero-order valence-electron chi connectivity index (χ0n) is 10.5. The molecule has 0 fully saturated rings. The lowest BCUT2D eigenvalue weighted by Crippen LogP contribution is -2.00. The van der Waals surface area contributed by atoms with Gasteiger partial charge in [0.2, 0.25) is 0 Å². The van der Waals surface area contributed by atoms with E-state index in [-0.39, 0.29) is 0 Å². The summed E-state index contributed by atoms with van der Waals surface area (Å²) in [6, 6.07) is 3.70. The third kappa shape index (κ3) is 2.18. The third-order valence-corrected chi connectivity index (χ3v) is 3.77. The summed E-state index contributed by atoms with van der Waals surface area (Å²) in [6.45, 7) is 5.56. The van der Waals surface area contributed by atoms with Crippen molar-refractivity contribution in [1.82, 2.24) is 9.97 Å². The maximum Gasteiger partial charge on any atom is 0.161 e. The molecule has 0 aliphatic heterocycles. The first-order valence-electron chi connectivity index (χ1n) is 5.50. The van der Waals surface area contributed by atoms with Crippen molar-refractivity contribution in [2.45, 2.75) is 20.8 Å². The van der Waals surface area contributed by atoms with Crippen LogP contribution in [0.4, 0.5) is 5.82 Å². The molecule has 0 unspecified atom stereocenters. The van der Waals surface area contributed by atoms with Crippen LogP contribution in [0.5, 0.6) is 5.75 Å². The van der Waals surface area contributed by atoms with Gasteiger partial charge in [-0.15, -0.1) is 0 Å². The quantitative estimate of drug-likeness (QED) is 0.849. The number of hydrogen-bond acceptors (Lipinski definition) is 4. The van der Waals surface area contributed by atoms with E-state index in [4.69, 9.17) is 5.73 Å². The Morgan fingerprint density at radius 3 is 2.17 bits per heavy atom. The molecule has 1 aromatic carbocycles. The maximum absolute atomic E-state index is 9.76. The number of hydrogen-bond donors (Lipinski definition) is 2. The molecule has 0 aliphatic carbocycles. The standard InChI is InChI=1S/C13H14BrN3O/c1-6-4-9(5-7(2)11(6)18)13-16-8(3)10(14)12(15)17-13/h4-5,18H,1-3H3,(H2,15,16,17). The number of aromatic hydroxyl groups is 1. The summed E-state index contributed by atoms with van der Waals surface area (Å²) in [5.74, 6) is 1.29. The van der Waals surface area contributed by atoms with Gasteiger partial charge in [-0.05, 0) is 60.0 Å². The lowest BCUT2D eigenvalue weighted by Gasteiger charge is -2.09. The van der Waals surface area contributed by atoms with Crippen molar-refractivity contribution in [2.75, 3.05) is 5.73 Å². The van der Waals surface area contributed by atoms with Crippen LogP contribution >= 0.6 is 15.9 Å². The molecule has 0 amide bonds. The third-order valence-electron chi connectivity index (χ3n) is 2.79. The molecule has 94 valence electrons. The van der Waals surface area contributed by atoms with Crippen molar-refractivity contribution in [3.05, 3.63) is 33.4 Å². The van der Waals surface area contributed by atoms with Gasteiger partial charge in [0.05, 0.1) is 10.2 Å². The van der Waals surface area contributed by atoms with Crippen LogP contribution in [0.3, 0.4) is 0 Å². The molecule has 0 saturated heterocycles. The molecule has 0 saturated carbocycles. The van der Waals surface area contributed by atoms with Crippen LogP contribution in [0.25, 0.3) is 11.4 Å². The fourth-order valence-electron chi connectivity index (χ4n) is 1.80. The van der Waals surface area contributed by atoms with Crippen molar-refractivity contribution in [3.8, 4) is 17.1 Å². The van der Waals surface area contributed by atoms with E-state index >= 15 is 0 Å². The van der Waals surface area contributed by atoms with Gasteiger partial charge >= 0.3 is 0 Å². The zero-order valence-corrected chi connectivity index (χ0v) is 12.0. The molecular formula is C13H14BrN3O. The van der Waals surface area contributed by atoms with Crippen molar-refractivity contribution in [3.63, 3.8) is 0 Å². The average Bonchev–Trinajstić information content (AvgIpc) is 2.31.